The topological polar surface area (TPSA) is 40.5 Å². The number of phenols is 1. The van der Waals surface area contributed by atoms with Crippen molar-refractivity contribution in [3.63, 3.8) is 0 Å². The van der Waals surface area contributed by atoms with Gasteiger partial charge < -0.3 is 10.0 Å². The summed E-state index contributed by atoms with van der Waals surface area (Å²) in [5, 5.41) is 10.4. The van der Waals surface area contributed by atoms with Gasteiger partial charge in [-0.05, 0) is 32.6 Å². The zero-order chi connectivity index (χ0) is 12.3. The highest BCUT2D eigenvalue weighted by atomic mass is 35.5. The lowest BCUT2D eigenvalue weighted by Gasteiger charge is -2.16. The molecule has 4 heteroatoms. The van der Waals surface area contributed by atoms with Crippen LogP contribution in [0.5, 0.6) is 5.75 Å². The summed E-state index contributed by atoms with van der Waals surface area (Å²) in [6.45, 7) is 4.87. The Morgan fingerprint density at radius 2 is 2.12 bits per heavy atom. The molecule has 0 fully saturated rings. The molecule has 0 aromatic heterocycles. The van der Waals surface area contributed by atoms with E-state index in [2.05, 4.69) is 0 Å². The summed E-state index contributed by atoms with van der Waals surface area (Å²) in [6, 6.07) is 3.18. The molecule has 0 saturated carbocycles. The van der Waals surface area contributed by atoms with E-state index >= 15 is 0 Å². The van der Waals surface area contributed by atoms with E-state index in [0.717, 1.165) is 6.54 Å². The van der Waals surface area contributed by atoms with E-state index < -0.39 is 0 Å². The van der Waals surface area contributed by atoms with Crippen LogP contribution in [0.3, 0.4) is 0 Å². The molecule has 0 spiro atoms. The van der Waals surface area contributed by atoms with E-state index in [9.17, 15) is 9.90 Å². The molecule has 1 N–H and O–H groups in total. The molecular formula is C12H16ClNO2. The summed E-state index contributed by atoms with van der Waals surface area (Å²) in [6.07, 6.45) is 0. The van der Waals surface area contributed by atoms with E-state index in [4.69, 9.17) is 11.6 Å². The second-order valence-electron chi connectivity index (χ2n) is 3.85. The highest BCUT2D eigenvalue weighted by Crippen LogP contribution is 2.28. The second kappa shape index (κ2) is 5.32. The number of phenolic OH excluding ortho intramolecular Hbond substituents is 1. The lowest BCUT2D eigenvalue weighted by atomic mass is 10.1. The zero-order valence-electron chi connectivity index (χ0n) is 9.75. The number of ketones is 1. The zero-order valence-corrected chi connectivity index (χ0v) is 10.5. The van der Waals surface area contributed by atoms with Gasteiger partial charge >= 0.3 is 0 Å². The SMILES string of the molecule is CCN(C)Cc1cc(Cl)cc(C(C)=O)c1O. The number of hydrogen-bond donors (Lipinski definition) is 1. The largest absolute Gasteiger partial charge is 0.507 e. The highest BCUT2D eigenvalue weighted by Gasteiger charge is 2.13. The van der Waals surface area contributed by atoms with Crippen molar-refractivity contribution < 1.29 is 9.90 Å². The Balaban J connectivity index is 3.14. The van der Waals surface area contributed by atoms with Crippen molar-refractivity contribution in [2.24, 2.45) is 0 Å². The number of rotatable bonds is 4. The predicted octanol–water partition coefficient (Wildman–Crippen LogP) is 2.70. The molecule has 1 aromatic rings. The van der Waals surface area contributed by atoms with Crippen LogP contribution in [-0.2, 0) is 6.54 Å². The van der Waals surface area contributed by atoms with Crippen molar-refractivity contribution in [3.8, 4) is 5.75 Å². The number of carbonyl (C=O) groups is 1. The summed E-state index contributed by atoms with van der Waals surface area (Å²) in [5.74, 6) is -0.141. The van der Waals surface area contributed by atoms with E-state index in [0.29, 0.717) is 17.1 Å². The van der Waals surface area contributed by atoms with Gasteiger partial charge in [-0.15, -0.1) is 0 Å². The lowest BCUT2D eigenvalue weighted by molar-refractivity contribution is 0.101. The van der Waals surface area contributed by atoms with Crippen molar-refractivity contribution in [2.75, 3.05) is 13.6 Å². The number of carbonyl (C=O) groups excluding carboxylic acids is 1. The van der Waals surface area contributed by atoms with Crippen LogP contribution >= 0.6 is 11.6 Å². The Hall–Kier alpha value is -1.06. The minimum atomic E-state index is -0.180. The summed E-state index contributed by atoms with van der Waals surface area (Å²) in [4.78, 5) is 13.3. The number of benzene rings is 1. The van der Waals surface area contributed by atoms with Crippen LogP contribution in [0.1, 0.15) is 29.8 Å². The van der Waals surface area contributed by atoms with Crippen LogP contribution < -0.4 is 0 Å². The molecule has 0 aliphatic heterocycles. The summed E-state index contributed by atoms with van der Waals surface area (Å²) < 4.78 is 0. The Labute approximate surface area is 101 Å². The van der Waals surface area contributed by atoms with Crippen LogP contribution in [0.4, 0.5) is 0 Å². The van der Waals surface area contributed by atoms with Crippen LogP contribution in [-0.4, -0.2) is 29.4 Å². The Morgan fingerprint density at radius 3 is 2.62 bits per heavy atom. The van der Waals surface area contributed by atoms with Crippen molar-refractivity contribution in [1.29, 1.82) is 0 Å². The maximum Gasteiger partial charge on any atom is 0.163 e. The smallest absolute Gasteiger partial charge is 0.163 e. The van der Waals surface area contributed by atoms with Crippen LogP contribution in [0.15, 0.2) is 12.1 Å². The first-order valence-electron chi connectivity index (χ1n) is 5.16. The van der Waals surface area contributed by atoms with Gasteiger partial charge in [-0.2, -0.15) is 0 Å². The van der Waals surface area contributed by atoms with E-state index in [1.54, 1.807) is 6.07 Å². The third kappa shape index (κ3) is 2.97. The minimum Gasteiger partial charge on any atom is -0.507 e. The maximum absolute atomic E-state index is 11.3. The standard InChI is InChI=1S/C12H16ClNO2/c1-4-14(3)7-9-5-10(13)6-11(8(2)15)12(9)16/h5-6,16H,4,7H2,1-3H3. The Kier molecular flexibility index (Phi) is 4.33. The number of nitrogens with zero attached hydrogens (tertiary/aromatic N) is 1. The fourth-order valence-electron chi connectivity index (χ4n) is 1.45. The molecule has 1 rings (SSSR count). The summed E-state index contributed by atoms with van der Waals surface area (Å²) in [7, 11) is 1.94. The van der Waals surface area contributed by atoms with Gasteiger partial charge in [0.15, 0.2) is 5.78 Å². The summed E-state index contributed by atoms with van der Waals surface area (Å²) in [5.41, 5.74) is 0.967. The van der Waals surface area contributed by atoms with E-state index in [1.165, 1.54) is 13.0 Å². The Bertz CT molecular complexity index is 404. The molecule has 0 aliphatic carbocycles. The predicted molar refractivity (Wildman–Crippen MR) is 65.1 cm³/mol. The van der Waals surface area contributed by atoms with Gasteiger partial charge in [-0.1, -0.05) is 18.5 Å². The molecule has 0 bridgehead atoms. The van der Waals surface area contributed by atoms with Crippen molar-refractivity contribution in [3.05, 3.63) is 28.3 Å². The van der Waals surface area contributed by atoms with Crippen LogP contribution in [0.25, 0.3) is 0 Å². The number of Topliss-reactive ketones (excluding diaryl/α,β-unsaturated/α-hetero) is 1. The molecule has 0 radical (unpaired) electrons. The van der Waals surface area contributed by atoms with Gasteiger partial charge in [0, 0.05) is 17.1 Å². The first kappa shape index (κ1) is 13.0. The van der Waals surface area contributed by atoms with Gasteiger partial charge in [0.2, 0.25) is 0 Å². The molecule has 3 nitrogen and oxygen atoms in total. The average molecular weight is 242 g/mol. The normalized spacial score (nSPS) is 10.8. The highest BCUT2D eigenvalue weighted by molar-refractivity contribution is 6.31. The molecular weight excluding hydrogens is 226 g/mol. The molecule has 0 aliphatic rings. The minimum absolute atomic E-state index is 0.0391. The Morgan fingerprint density at radius 1 is 1.50 bits per heavy atom. The number of halogens is 1. The maximum atomic E-state index is 11.3. The molecule has 0 unspecified atom stereocenters. The monoisotopic (exact) mass is 241 g/mol. The van der Waals surface area contributed by atoms with E-state index in [-0.39, 0.29) is 17.1 Å². The summed E-state index contributed by atoms with van der Waals surface area (Å²) >= 11 is 5.91. The molecule has 16 heavy (non-hydrogen) atoms. The van der Waals surface area contributed by atoms with E-state index in [1.807, 2.05) is 18.9 Å². The molecule has 0 atom stereocenters. The van der Waals surface area contributed by atoms with Gasteiger partial charge in [0.05, 0.1) is 5.56 Å². The van der Waals surface area contributed by atoms with Crippen molar-refractivity contribution >= 4 is 17.4 Å². The van der Waals surface area contributed by atoms with Gasteiger partial charge in [0.1, 0.15) is 5.75 Å². The lowest BCUT2D eigenvalue weighted by Crippen LogP contribution is -2.17. The van der Waals surface area contributed by atoms with Gasteiger partial charge in [-0.25, -0.2) is 0 Å². The molecule has 0 amide bonds. The third-order valence-electron chi connectivity index (χ3n) is 2.51. The van der Waals surface area contributed by atoms with Crippen LogP contribution in [0, 0.1) is 0 Å². The fraction of sp³-hybridized carbons (Fsp3) is 0.417. The molecule has 1 aromatic carbocycles. The third-order valence-corrected chi connectivity index (χ3v) is 2.73. The average Bonchev–Trinajstić information content (AvgIpc) is 2.22. The fourth-order valence-corrected chi connectivity index (χ4v) is 1.69. The first-order valence-corrected chi connectivity index (χ1v) is 5.54. The van der Waals surface area contributed by atoms with Crippen LogP contribution in [0.2, 0.25) is 5.02 Å². The molecule has 0 heterocycles. The molecule has 0 saturated heterocycles. The van der Waals surface area contributed by atoms with Gasteiger partial charge in [0.25, 0.3) is 0 Å². The van der Waals surface area contributed by atoms with Gasteiger partial charge in [-0.3, -0.25) is 4.79 Å². The molecule has 88 valence electrons. The van der Waals surface area contributed by atoms with Crippen molar-refractivity contribution in [1.82, 2.24) is 4.90 Å². The second-order valence-corrected chi connectivity index (χ2v) is 4.28. The van der Waals surface area contributed by atoms with Crippen molar-refractivity contribution in [2.45, 2.75) is 20.4 Å². The number of hydrogen-bond acceptors (Lipinski definition) is 3. The quantitative estimate of drug-likeness (QED) is 0.824. The first-order chi connectivity index (χ1) is 7.45. The number of aromatic hydroxyl groups is 1.